The molecule has 1 aromatic heterocycles. The van der Waals surface area contributed by atoms with E-state index in [9.17, 15) is 18.4 Å². The molecular formula is C22H23F2N3O4. The van der Waals surface area contributed by atoms with Crippen LogP contribution < -0.4 is 4.74 Å². The molecule has 1 unspecified atom stereocenters. The molecule has 7 nitrogen and oxygen atoms in total. The predicted octanol–water partition coefficient (Wildman–Crippen LogP) is 2.19. The van der Waals surface area contributed by atoms with Crippen LogP contribution in [0.1, 0.15) is 18.0 Å². The van der Waals surface area contributed by atoms with E-state index in [1.54, 1.807) is 35.3 Å². The highest BCUT2D eigenvalue weighted by molar-refractivity contribution is 5.90. The monoisotopic (exact) mass is 431 g/mol. The number of nitrogens with zero attached hydrogens (tertiary/aromatic N) is 3. The highest BCUT2D eigenvalue weighted by Gasteiger charge is 2.45. The van der Waals surface area contributed by atoms with Gasteiger partial charge in [-0.05, 0) is 23.8 Å². The standard InChI is InChI=1S/C22H23F2N3O4/c1-26-20(28)10-17(21(26)14-3-2-6-25-11-14)22(29)27-7-8-30-16(12-27)13-31-19-9-15(23)4-5-18(19)24/h2-6,9,11,16-17,21H,7-8,10,12-13H2,1H3/t16?,17-,21+/m1/s1. The number of hydrogen-bond acceptors (Lipinski definition) is 5. The number of halogens is 2. The van der Waals surface area contributed by atoms with Gasteiger partial charge in [-0.1, -0.05) is 6.07 Å². The van der Waals surface area contributed by atoms with Crippen molar-refractivity contribution in [1.29, 1.82) is 0 Å². The minimum Gasteiger partial charge on any atom is -0.488 e. The third-order valence-electron chi connectivity index (χ3n) is 5.70. The predicted molar refractivity (Wildman–Crippen MR) is 106 cm³/mol. The summed E-state index contributed by atoms with van der Waals surface area (Å²) in [7, 11) is 1.69. The first-order chi connectivity index (χ1) is 14.9. The van der Waals surface area contributed by atoms with Gasteiger partial charge in [0, 0.05) is 38.5 Å². The molecule has 1 aromatic carbocycles. The molecule has 0 radical (unpaired) electrons. The smallest absolute Gasteiger partial charge is 0.228 e. The van der Waals surface area contributed by atoms with E-state index < -0.39 is 23.7 Å². The Labute approximate surface area is 178 Å². The first-order valence-corrected chi connectivity index (χ1v) is 10.1. The molecule has 2 fully saturated rings. The molecular weight excluding hydrogens is 408 g/mol. The lowest BCUT2D eigenvalue weighted by Gasteiger charge is -2.35. The summed E-state index contributed by atoms with van der Waals surface area (Å²) in [5.74, 6) is -2.24. The second kappa shape index (κ2) is 8.97. The summed E-state index contributed by atoms with van der Waals surface area (Å²) in [5, 5.41) is 0. The van der Waals surface area contributed by atoms with E-state index in [-0.39, 0.29) is 43.2 Å². The number of hydrogen-bond donors (Lipinski definition) is 0. The number of morpholine rings is 1. The molecule has 2 aliphatic heterocycles. The summed E-state index contributed by atoms with van der Waals surface area (Å²) in [6.45, 7) is 0.890. The van der Waals surface area contributed by atoms with Crippen LogP contribution in [-0.4, -0.2) is 66.1 Å². The second-order valence-electron chi connectivity index (χ2n) is 7.71. The van der Waals surface area contributed by atoms with Crippen molar-refractivity contribution in [3.8, 4) is 5.75 Å². The lowest BCUT2D eigenvalue weighted by molar-refractivity contribution is -0.145. The van der Waals surface area contributed by atoms with Gasteiger partial charge in [-0.2, -0.15) is 0 Å². The topological polar surface area (TPSA) is 72.0 Å². The van der Waals surface area contributed by atoms with Crippen molar-refractivity contribution in [2.45, 2.75) is 18.6 Å². The van der Waals surface area contributed by atoms with Gasteiger partial charge in [0.2, 0.25) is 11.8 Å². The maximum atomic E-state index is 13.8. The van der Waals surface area contributed by atoms with Crippen LogP contribution in [0.25, 0.3) is 0 Å². The number of pyridine rings is 1. The van der Waals surface area contributed by atoms with Gasteiger partial charge in [0.05, 0.1) is 25.1 Å². The fraction of sp³-hybridized carbons (Fsp3) is 0.409. The largest absolute Gasteiger partial charge is 0.488 e. The average molecular weight is 431 g/mol. The Kier molecular flexibility index (Phi) is 6.13. The maximum Gasteiger partial charge on any atom is 0.228 e. The molecule has 0 saturated carbocycles. The zero-order valence-corrected chi connectivity index (χ0v) is 17.0. The van der Waals surface area contributed by atoms with Crippen molar-refractivity contribution < 1.29 is 27.8 Å². The van der Waals surface area contributed by atoms with E-state index >= 15 is 0 Å². The van der Waals surface area contributed by atoms with Crippen LogP contribution in [0.5, 0.6) is 5.75 Å². The first kappa shape index (κ1) is 21.2. The van der Waals surface area contributed by atoms with Gasteiger partial charge >= 0.3 is 0 Å². The number of carbonyl (C=O) groups is 2. The Hall–Kier alpha value is -3.07. The summed E-state index contributed by atoms with van der Waals surface area (Å²) < 4.78 is 38.1. The molecule has 9 heteroatoms. The summed E-state index contributed by atoms with van der Waals surface area (Å²) in [6, 6.07) is 6.23. The molecule has 0 aliphatic carbocycles. The van der Waals surface area contributed by atoms with E-state index in [1.165, 1.54) is 0 Å². The van der Waals surface area contributed by atoms with Crippen molar-refractivity contribution >= 4 is 11.8 Å². The first-order valence-electron chi connectivity index (χ1n) is 10.1. The molecule has 2 saturated heterocycles. The fourth-order valence-corrected chi connectivity index (χ4v) is 4.12. The van der Waals surface area contributed by atoms with E-state index in [0.717, 1.165) is 23.8 Å². The van der Waals surface area contributed by atoms with Gasteiger partial charge in [-0.3, -0.25) is 14.6 Å². The Balaban J connectivity index is 1.43. The van der Waals surface area contributed by atoms with Crippen LogP contribution in [0.4, 0.5) is 8.78 Å². The Bertz CT molecular complexity index is 959. The SMILES string of the molecule is CN1C(=O)C[C@@H](C(=O)N2CCOC(COc3cc(F)ccc3F)C2)[C@@H]1c1cccnc1. The van der Waals surface area contributed by atoms with Crippen LogP contribution in [0.2, 0.25) is 0 Å². The molecule has 4 rings (SSSR count). The molecule has 2 aromatic rings. The number of benzene rings is 1. The van der Waals surface area contributed by atoms with Gasteiger partial charge in [0.25, 0.3) is 0 Å². The highest BCUT2D eigenvalue weighted by atomic mass is 19.1. The zero-order chi connectivity index (χ0) is 22.0. The van der Waals surface area contributed by atoms with Gasteiger partial charge in [-0.15, -0.1) is 0 Å². The quantitative estimate of drug-likeness (QED) is 0.726. The molecule has 31 heavy (non-hydrogen) atoms. The maximum absolute atomic E-state index is 13.8. The second-order valence-corrected chi connectivity index (χ2v) is 7.71. The number of amides is 2. The summed E-state index contributed by atoms with van der Waals surface area (Å²) in [6.07, 6.45) is 2.95. The van der Waals surface area contributed by atoms with Crippen LogP contribution in [-0.2, 0) is 14.3 Å². The average Bonchev–Trinajstić information content (AvgIpc) is 3.09. The van der Waals surface area contributed by atoms with Gasteiger partial charge in [0.1, 0.15) is 18.5 Å². The van der Waals surface area contributed by atoms with E-state index in [2.05, 4.69) is 4.98 Å². The minimum atomic E-state index is -0.669. The third-order valence-corrected chi connectivity index (χ3v) is 5.70. The third kappa shape index (κ3) is 4.51. The van der Waals surface area contributed by atoms with Crippen molar-refractivity contribution in [2.24, 2.45) is 5.92 Å². The molecule has 0 spiro atoms. The van der Waals surface area contributed by atoms with Crippen molar-refractivity contribution in [3.05, 3.63) is 59.9 Å². The van der Waals surface area contributed by atoms with Crippen molar-refractivity contribution in [3.63, 3.8) is 0 Å². The summed E-state index contributed by atoms with van der Waals surface area (Å²) in [4.78, 5) is 33.0. The summed E-state index contributed by atoms with van der Waals surface area (Å²) in [5.41, 5.74) is 0.809. The van der Waals surface area contributed by atoms with E-state index in [0.29, 0.717) is 13.2 Å². The number of carbonyl (C=O) groups excluding carboxylic acids is 2. The van der Waals surface area contributed by atoms with Gasteiger partial charge in [0.15, 0.2) is 11.6 Å². The highest BCUT2D eigenvalue weighted by Crippen LogP contribution is 2.38. The Morgan fingerprint density at radius 1 is 1.32 bits per heavy atom. The Morgan fingerprint density at radius 3 is 2.94 bits per heavy atom. The van der Waals surface area contributed by atoms with Crippen molar-refractivity contribution in [2.75, 3.05) is 33.4 Å². The lowest BCUT2D eigenvalue weighted by atomic mass is 9.93. The normalized spacial score (nSPS) is 23.8. The van der Waals surface area contributed by atoms with Crippen LogP contribution in [0.15, 0.2) is 42.7 Å². The molecule has 0 N–H and O–H groups in total. The van der Waals surface area contributed by atoms with Crippen LogP contribution in [0, 0.1) is 17.6 Å². The zero-order valence-electron chi connectivity index (χ0n) is 17.0. The molecule has 0 bridgehead atoms. The van der Waals surface area contributed by atoms with E-state index in [1.807, 2.05) is 6.07 Å². The number of likely N-dealkylation sites (tertiary alicyclic amines) is 1. The van der Waals surface area contributed by atoms with Crippen molar-refractivity contribution in [1.82, 2.24) is 14.8 Å². The van der Waals surface area contributed by atoms with Crippen LogP contribution >= 0.6 is 0 Å². The van der Waals surface area contributed by atoms with Crippen LogP contribution in [0.3, 0.4) is 0 Å². The van der Waals surface area contributed by atoms with Gasteiger partial charge < -0.3 is 19.3 Å². The molecule has 164 valence electrons. The molecule has 3 heterocycles. The fourth-order valence-electron chi connectivity index (χ4n) is 4.12. The number of aromatic nitrogens is 1. The lowest BCUT2D eigenvalue weighted by Crippen LogP contribution is -2.50. The minimum absolute atomic E-state index is 0.0281. The van der Waals surface area contributed by atoms with E-state index in [4.69, 9.17) is 9.47 Å². The number of ether oxygens (including phenoxy) is 2. The number of rotatable bonds is 5. The van der Waals surface area contributed by atoms with Gasteiger partial charge in [-0.25, -0.2) is 8.78 Å². The molecule has 2 amide bonds. The molecule has 2 aliphatic rings. The summed E-state index contributed by atoms with van der Waals surface area (Å²) >= 11 is 0. The Morgan fingerprint density at radius 2 is 2.16 bits per heavy atom. The molecule has 3 atom stereocenters.